The van der Waals surface area contributed by atoms with Gasteiger partial charge in [0.05, 0.1) is 18.2 Å². The second-order valence-corrected chi connectivity index (χ2v) is 9.73. The first kappa shape index (κ1) is 24.8. The van der Waals surface area contributed by atoms with Gasteiger partial charge in [-0.25, -0.2) is 0 Å². The van der Waals surface area contributed by atoms with Crippen molar-refractivity contribution in [1.82, 2.24) is 4.90 Å². The quantitative estimate of drug-likeness (QED) is 0.415. The molecule has 4 rings (SSSR count). The number of ether oxygens (including phenoxy) is 1. The lowest BCUT2D eigenvalue weighted by Crippen LogP contribution is -2.31. The van der Waals surface area contributed by atoms with Crippen LogP contribution in [0, 0.1) is 24.7 Å². The Morgan fingerprint density at radius 1 is 0.917 bits per heavy atom. The summed E-state index contributed by atoms with van der Waals surface area (Å²) in [5, 5.41) is 0. The third kappa shape index (κ3) is 4.77. The van der Waals surface area contributed by atoms with Gasteiger partial charge in [-0.05, 0) is 65.4 Å². The van der Waals surface area contributed by atoms with Crippen LogP contribution in [0.1, 0.15) is 73.2 Å². The zero-order chi connectivity index (χ0) is 25.9. The van der Waals surface area contributed by atoms with E-state index in [1.165, 1.54) is 0 Å². The van der Waals surface area contributed by atoms with Crippen LogP contribution >= 0.6 is 0 Å². The molecule has 3 aromatic carbocycles. The zero-order valence-corrected chi connectivity index (χ0v) is 21.1. The van der Waals surface area contributed by atoms with E-state index >= 15 is 0 Å². The van der Waals surface area contributed by atoms with Crippen LogP contribution in [0.15, 0.2) is 71.7 Å². The first-order valence-corrected chi connectivity index (χ1v) is 12.0. The molecule has 1 heterocycles. The van der Waals surface area contributed by atoms with Crippen LogP contribution in [0.5, 0.6) is 5.75 Å². The summed E-state index contributed by atoms with van der Waals surface area (Å²) in [4.78, 5) is 19.1. The van der Waals surface area contributed by atoms with Crippen molar-refractivity contribution in [3.63, 3.8) is 0 Å². The number of hydrogen-bond donors (Lipinski definition) is 0. The third-order valence-electron chi connectivity index (χ3n) is 6.39. The summed E-state index contributed by atoms with van der Waals surface area (Å²) in [6.45, 7) is 8.90. The molecule has 4 nitrogen and oxygen atoms in total. The number of nitrogens with zero attached hydrogens (tertiary/aromatic N) is 2. The molecule has 2 atom stereocenters. The maximum atomic E-state index is 12.5. The summed E-state index contributed by atoms with van der Waals surface area (Å²) in [6, 6.07) is 20.7. The van der Waals surface area contributed by atoms with Gasteiger partial charge in [-0.3, -0.25) is 14.7 Å². The van der Waals surface area contributed by atoms with Gasteiger partial charge in [0.15, 0.2) is 0 Å². The highest BCUT2D eigenvalue weighted by molar-refractivity contribution is 6.07. The lowest BCUT2D eigenvalue weighted by atomic mass is 9.86. The Bertz CT molecular complexity index is 1360. The predicted molar refractivity (Wildman–Crippen MR) is 145 cm³/mol. The van der Waals surface area contributed by atoms with Crippen molar-refractivity contribution in [2.75, 3.05) is 6.61 Å². The highest BCUT2D eigenvalue weighted by atomic mass is 16.5. The largest absolute Gasteiger partial charge is 0.493 e. The highest BCUT2D eigenvalue weighted by Gasteiger charge is 2.40. The summed E-state index contributed by atoms with van der Waals surface area (Å²) in [7, 11) is 0. The van der Waals surface area contributed by atoms with E-state index < -0.39 is 6.04 Å². The van der Waals surface area contributed by atoms with Gasteiger partial charge in [0.1, 0.15) is 17.6 Å². The van der Waals surface area contributed by atoms with Crippen LogP contribution in [0.2, 0.25) is 0 Å². The number of terminal acetylenes is 2. The normalized spacial score (nSPS) is 17.2. The maximum Gasteiger partial charge on any atom is 0.318 e. The Labute approximate surface area is 214 Å². The first-order valence-electron chi connectivity index (χ1n) is 12.0. The van der Waals surface area contributed by atoms with Crippen molar-refractivity contribution in [3.05, 3.63) is 100 Å². The minimum Gasteiger partial charge on any atom is -0.493 e. The molecule has 0 aromatic heterocycles. The van der Waals surface area contributed by atoms with E-state index in [1.54, 1.807) is 4.90 Å². The highest BCUT2D eigenvalue weighted by Crippen LogP contribution is 2.44. The number of aliphatic imine (C=N–C) groups is 1. The van der Waals surface area contributed by atoms with Gasteiger partial charge in [-0.15, -0.1) is 12.8 Å². The molecule has 0 unspecified atom stereocenters. The minimum atomic E-state index is -0.405. The van der Waals surface area contributed by atoms with Crippen LogP contribution in [0.25, 0.3) is 0 Å². The summed E-state index contributed by atoms with van der Waals surface area (Å²) >= 11 is 0. The van der Waals surface area contributed by atoms with E-state index in [1.807, 2.05) is 67.6 Å². The van der Waals surface area contributed by atoms with Crippen LogP contribution < -0.4 is 4.74 Å². The molecule has 0 aliphatic carbocycles. The number of amidine groups is 1. The lowest BCUT2D eigenvalue weighted by Gasteiger charge is -2.26. The van der Waals surface area contributed by atoms with Crippen LogP contribution in [0.4, 0.5) is 0 Å². The van der Waals surface area contributed by atoms with Crippen molar-refractivity contribution >= 4 is 12.2 Å². The molecule has 179 valence electrons. The molecule has 1 radical (unpaired) electrons. The number of amides is 1. The number of rotatable bonds is 6. The fourth-order valence-electron chi connectivity index (χ4n) is 4.43. The summed E-state index contributed by atoms with van der Waals surface area (Å²) in [5.74, 6) is 6.50. The van der Waals surface area contributed by atoms with E-state index in [4.69, 9.17) is 22.6 Å². The van der Waals surface area contributed by atoms with E-state index in [2.05, 4.69) is 45.1 Å². The van der Waals surface area contributed by atoms with Gasteiger partial charge in [-0.2, -0.15) is 0 Å². The molecule has 3 aromatic rings. The van der Waals surface area contributed by atoms with Crippen molar-refractivity contribution in [1.29, 1.82) is 0 Å². The van der Waals surface area contributed by atoms with Crippen LogP contribution in [0.3, 0.4) is 0 Å². The second kappa shape index (κ2) is 10.1. The molecule has 0 saturated carbocycles. The molecule has 4 heteroatoms. The smallest absolute Gasteiger partial charge is 0.318 e. The fourth-order valence-corrected chi connectivity index (χ4v) is 4.43. The van der Waals surface area contributed by atoms with Crippen LogP contribution in [-0.2, 0) is 10.2 Å². The van der Waals surface area contributed by atoms with Crippen molar-refractivity contribution < 1.29 is 9.53 Å². The monoisotopic (exact) mass is 473 g/mol. The van der Waals surface area contributed by atoms with E-state index in [0.717, 1.165) is 33.4 Å². The van der Waals surface area contributed by atoms with Gasteiger partial charge in [0, 0.05) is 11.1 Å². The van der Waals surface area contributed by atoms with E-state index in [-0.39, 0.29) is 11.5 Å². The average Bonchev–Trinajstić information content (AvgIpc) is 3.27. The van der Waals surface area contributed by atoms with Gasteiger partial charge in [0.25, 0.3) is 0 Å². The van der Waals surface area contributed by atoms with Crippen molar-refractivity contribution in [3.8, 4) is 30.4 Å². The number of benzene rings is 3. The molecular formula is C32H29N2O2. The third-order valence-corrected chi connectivity index (χ3v) is 6.39. The molecule has 0 spiro atoms. The fraction of sp³-hybridized carbons (Fsp3) is 0.250. The lowest BCUT2D eigenvalue weighted by molar-refractivity contribution is 0.337. The zero-order valence-electron chi connectivity index (χ0n) is 21.1. The van der Waals surface area contributed by atoms with Crippen molar-refractivity contribution in [2.24, 2.45) is 4.99 Å². The van der Waals surface area contributed by atoms with Crippen molar-refractivity contribution in [2.45, 2.75) is 45.2 Å². The van der Waals surface area contributed by atoms with E-state index in [9.17, 15) is 4.79 Å². The van der Waals surface area contributed by atoms with Gasteiger partial charge in [-0.1, -0.05) is 62.9 Å². The topological polar surface area (TPSA) is 41.9 Å². The van der Waals surface area contributed by atoms with Gasteiger partial charge < -0.3 is 4.74 Å². The Morgan fingerprint density at radius 2 is 1.50 bits per heavy atom. The molecule has 1 aliphatic heterocycles. The van der Waals surface area contributed by atoms with Gasteiger partial charge in [0.2, 0.25) is 0 Å². The van der Waals surface area contributed by atoms with Gasteiger partial charge >= 0.3 is 6.41 Å². The van der Waals surface area contributed by atoms with Crippen LogP contribution in [-0.4, -0.2) is 23.8 Å². The molecule has 0 N–H and O–H groups in total. The molecule has 1 amide bonds. The number of carbonyl (C=O) groups excluding carboxylic acids is 1. The number of hydrogen-bond acceptors (Lipinski definition) is 3. The Balaban J connectivity index is 1.88. The molecule has 0 bridgehead atoms. The summed E-state index contributed by atoms with van der Waals surface area (Å²) in [5.41, 5.74) is 5.24. The average molecular weight is 474 g/mol. The second-order valence-electron chi connectivity index (χ2n) is 9.73. The summed E-state index contributed by atoms with van der Waals surface area (Å²) < 4.78 is 6.04. The molecule has 36 heavy (non-hydrogen) atoms. The maximum absolute atomic E-state index is 12.5. The summed E-state index contributed by atoms with van der Waals surface area (Å²) in [6.07, 6.45) is 13.3. The molecule has 0 saturated heterocycles. The Kier molecular flexibility index (Phi) is 7.00. The molecule has 0 fully saturated rings. The Hall–Kier alpha value is -4.28. The SMILES string of the molecule is C#Cc1ccc([C@@H]2[C@H](c3ccc(C#C)cc3)N=C(c3ccc(C(C)(C)C)cc3OCC)N2[C]=O)cc1. The standard InChI is InChI=1S/C32H29N2O2/c1-7-22-10-14-24(15-11-22)29-30(25-16-12-23(8-2)13-17-25)34(21-35)31(33-29)27-19-18-26(32(4,5)6)20-28(27)36-9-3/h1-2,10-20,29-30H,9H2,3-6H3/t29-,30+/m0/s1. The molecular weight excluding hydrogens is 444 g/mol. The molecule has 1 aliphatic rings. The Morgan fingerprint density at radius 3 is 2.00 bits per heavy atom. The van der Waals surface area contributed by atoms with E-state index in [0.29, 0.717) is 18.2 Å². The predicted octanol–water partition coefficient (Wildman–Crippen LogP) is 5.96. The first-order chi connectivity index (χ1) is 17.3. The minimum absolute atomic E-state index is 0.0546.